The Labute approximate surface area is 180 Å². The molecule has 8 heteroatoms. The average molecular weight is 424 g/mol. The minimum absolute atomic E-state index is 0.0445. The third-order valence-corrected chi connectivity index (χ3v) is 5.26. The van der Waals surface area contributed by atoms with Gasteiger partial charge in [0.2, 0.25) is 5.91 Å². The summed E-state index contributed by atoms with van der Waals surface area (Å²) in [7, 11) is 1.28. The summed E-state index contributed by atoms with van der Waals surface area (Å²) in [5, 5.41) is 2.58. The van der Waals surface area contributed by atoms with Crippen LogP contribution in [-0.4, -0.2) is 44.0 Å². The van der Waals surface area contributed by atoms with E-state index in [9.17, 15) is 19.2 Å². The Morgan fingerprint density at radius 3 is 2.48 bits per heavy atom. The number of hydrogen-bond acceptors (Lipinski definition) is 6. The number of amides is 2. The molecule has 0 spiro atoms. The summed E-state index contributed by atoms with van der Waals surface area (Å²) in [6.45, 7) is 3.66. The lowest BCUT2D eigenvalue weighted by molar-refractivity contribution is -0.151. The molecule has 0 saturated carbocycles. The number of benzene rings is 2. The van der Waals surface area contributed by atoms with Crippen molar-refractivity contribution < 1.29 is 28.7 Å². The smallest absolute Gasteiger partial charge is 0.337 e. The number of nitrogens with one attached hydrogen (secondary N) is 1. The molecule has 0 aromatic heterocycles. The van der Waals surface area contributed by atoms with Gasteiger partial charge in [0.1, 0.15) is 0 Å². The zero-order valence-corrected chi connectivity index (χ0v) is 17.6. The van der Waals surface area contributed by atoms with Gasteiger partial charge in [-0.2, -0.15) is 0 Å². The van der Waals surface area contributed by atoms with Crippen LogP contribution in [0.25, 0.3) is 0 Å². The topological polar surface area (TPSA) is 102 Å². The molecule has 2 amide bonds. The maximum atomic E-state index is 12.4. The lowest BCUT2D eigenvalue weighted by Crippen LogP contribution is -2.28. The van der Waals surface area contributed by atoms with Gasteiger partial charge >= 0.3 is 11.9 Å². The van der Waals surface area contributed by atoms with Crippen molar-refractivity contribution in [2.75, 3.05) is 30.5 Å². The standard InChI is InChI=1S/C23H24N2O6/c1-14-5-4-6-19(15(14)2)25-12-17(11-21(25)27)23(29)31-13-20(26)24-18-9-7-16(8-10-18)22(28)30-3/h4-10,17H,11-13H2,1-3H3,(H,24,26)/t17-/m1/s1. The van der Waals surface area contributed by atoms with Crippen LogP contribution in [0.5, 0.6) is 0 Å². The summed E-state index contributed by atoms with van der Waals surface area (Å²) < 4.78 is 9.74. The Morgan fingerprint density at radius 1 is 1.10 bits per heavy atom. The number of rotatable bonds is 6. The molecule has 2 aromatic carbocycles. The average Bonchev–Trinajstić information content (AvgIpc) is 3.15. The summed E-state index contributed by atoms with van der Waals surface area (Å²) >= 11 is 0. The van der Waals surface area contributed by atoms with E-state index in [1.54, 1.807) is 17.0 Å². The third kappa shape index (κ3) is 5.09. The predicted molar refractivity (Wildman–Crippen MR) is 114 cm³/mol. The van der Waals surface area contributed by atoms with Gasteiger partial charge in [-0.1, -0.05) is 12.1 Å². The SMILES string of the molecule is COC(=O)c1ccc(NC(=O)COC(=O)[C@@H]2CC(=O)N(c3cccc(C)c3C)C2)cc1. The predicted octanol–water partition coefficient (Wildman–Crippen LogP) is 2.62. The van der Waals surface area contributed by atoms with Crippen LogP contribution in [0.1, 0.15) is 27.9 Å². The summed E-state index contributed by atoms with van der Waals surface area (Å²) in [5.41, 5.74) is 3.64. The largest absolute Gasteiger partial charge is 0.465 e. The second kappa shape index (κ2) is 9.42. The first-order valence-corrected chi connectivity index (χ1v) is 9.81. The zero-order chi connectivity index (χ0) is 22.5. The van der Waals surface area contributed by atoms with E-state index in [4.69, 9.17) is 4.74 Å². The number of carbonyl (C=O) groups excluding carboxylic acids is 4. The molecule has 1 saturated heterocycles. The number of esters is 2. The summed E-state index contributed by atoms with van der Waals surface area (Å²) in [5.74, 6) is -2.36. The fraction of sp³-hybridized carbons (Fsp3) is 0.304. The van der Waals surface area contributed by atoms with Crippen LogP contribution in [0.4, 0.5) is 11.4 Å². The fourth-order valence-electron chi connectivity index (χ4n) is 3.39. The quantitative estimate of drug-likeness (QED) is 0.716. The van der Waals surface area contributed by atoms with E-state index >= 15 is 0 Å². The van der Waals surface area contributed by atoms with E-state index in [2.05, 4.69) is 10.1 Å². The molecule has 0 aliphatic carbocycles. The maximum absolute atomic E-state index is 12.4. The van der Waals surface area contributed by atoms with Crippen LogP contribution >= 0.6 is 0 Å². The highest BCUT2D eigenvalue weighted by atomic mass is 16.5. The number of anilines is 2. The Morgan fingerprint density at radius 2 is 1.81 bits per heavy atom. The molecule has 1 N–H and O–H groups in total. The van der Waals surface area contributed by atoms with Crippen molar-refractivity contribution in [3.63, 3.8) is 0 Å². The Kier molecular flexibility index (Phi) is 6.69. The maximum Gasteiger partial charge on any atom is 0.337 e. The number of carbonyl (C=O) groups is 4. The van der Waals surface area contributed by atoms with E-state index in [0.717, 1.165) is 16.8 Å². The van der Waals surface area contributed by atoms with Gasteiger partial charge in [0.05, 0.1) is 18.6 Å². The summed E-state index contributed by atoms with van der Waals surface area (Å²) in [6, 6.07) is 11.8. The number of methoxy groups -OCH3 is 1. The second-order valence-electron chi connectivity index (χ2n) is 7.35. The number of ether oxygens (including phenoxy) is 2. The molecule has 1 atom stereocenters. The molecule has 1 heterocycles. The van der Waals surface area contributed by atoms with Crippen molar-refractivity contribution in [3.8, 4) is 0 Å². The van der Waals surface area contributed by atoms with E-state index in [-0.39, 0.29) is 18.9 Å². The monoisotopic (exact) mass is 424 g/mol. The van der Waals surface area contributed by atoms with Crippen molar-refractivity contribution in [1.29, 1.82) is 0 Å². The summed E-state index contributed by atoms with van der Waals surface area (Å²) in [4.78, 5) is 49.9. The fourth-order valence-corrected chi connectivity index (χ4v) is 3.39. The van der Waals surface area contributed by atoms with Gasteiger partial charge in [0, 0.05) is 24.3 Å². The third-order valence-electron chi connectivity index (χ3n) is 5.26. The van der Waals surface area contributed by atoms with Crippen LogP contribution < -0.4 is 10.2 Å². The molecule has 8 nitrogen and oxygen atoms in total. The minimum Gasteiger partial charge on any atom is -0.465 e. The van der Waals surface area contributed by atoms with Gasteiger partial charge in [-0.15, -0.1) is 0 Å². The van der Waals surface area contributed by atoms with E-state index in [0.29, 0.717) is 11.3 Å². The molecule has 162 valence electrons. The van der Waals surface area contributed by atoms with Crippen molar-refractivity contribution >= 4 is 35.1 Å². The van der Waals surface area contributed by atoms with Crippen LogP contribution in [0.15, 0.2) is 42.5 Å². The van der Waals surface area contributed by atoms with Crippen molar-refractivity contribution in [1.82, 2.24) is 0 Å². The molecule has 31 heavy (non-hydrogen) atoms. The Hall–Kier alpha value is -3.68. The number of hydrogen-bond donors (Lipinski definition) is 1. The normalized spacial score (nSPS) is 15.5. The van der Waals surface area contributed by atoms with Gasteiger partial charge in [0.15, 0.2) is 6.61 Å². The molecule has 0 bridgehead atoms. The molecule has 3 rings (SSSR count). The van der Waals surface area contributed by atoms with Gasteiger partial charge in [0.25, 0.3) is 5.91 Å². The van der Waals surface area contributed by atoms with Crippen LogP contribution in [-0.2, 0) is 23.9 Å². The lowest BCUT2D eigenvalue weighted by Gasteiger charge is -2.20. The molecule has 0 radical (unpaired) electrons. The van der Waals surface area contributed by atoms with E-state index < -0.39 is 30.4 Å². The molecule has 1 fully saturated rings. The highest BCUT2D eigenvalue weighted by molar-refractivity contribution is 6.00. The van der Waals surface area contributed by atoms with Gasteiger partial charge in [-0.05, 0) is 55.3 Å². The van der Waals surface area contributed by atoms with Crippen LogP contribution in [0.3, 0.4) is 0 Å². The molecular formula is C23H24N2O6. The van der Waals surface area contributed by atoms with Crippen molar-refractivity contribution in [3.05, 3.63) is 59.2 Å². The lowest BCUT2D eigenvalue weighted by atomic mass is 10.1. The molecule has 1 aliphatic rings. The van der Waals surface area contributed by atoms with Crippen LogP contribution in [0, 0.1) is 19.8 Å². The Balaban J connectivity index is 1.52. The highest BCUT2D eigenvalue weighted by Gasteiger charge is 2.37. The van der Waals surface area contributed by atoms with Crippen molar-refractivity contribution in [2.24, 2.45) is 5.92 Å². The highest BCUT2D eigenvalue weighted by Crippen LogP contribution is 2.29. The first-order valence-electron chi connectivity index (χ1n) is 9.81. The van der Waals surface area contributed by atoms with Gasteiger partial charge in [-0.25, -0.2) is 4.79 Å². The van der Waals surface area contributed by atoms with Crippen molar-refractivity contribution in [2.45, 2.75) is 20.3 Å². The Bertz CT molecular complexity index is 1020. The van der Waals surface area contributed by atoms with Crippen LogP contribution in [0.2, 0.25) is 0 Å². The number of aryl methyl sites for hydroxylation is 1. The van der Waals surface area contributed by atoms with Gasteiger partial charge in [-0.3, -0.25) is 14.4 Å². The first-order chi connectivity index (χ1) is 14.8. The summed E-state index contributed by atoms with van der Waals surface area (Å²) in [6.07, 6.45) is 0.0445. The van der Waals surface area contributed by atoms with Gasteiger partial charge < -0.3 is 19.7 Å². The first kappa shape index (κ1) is 22.0. The molecular weight excluding hydrogens is 400 g/mol. The zero-order valence-electron chi connectivity index (χ0n) is 17.6. The molecule has 0 unspecified atom stereocenters. The van der Waals surface area contributed by atoms with E-state index in [1.165, 1.54) is 19.2 Å². The second-order valence-corrected chi connectivity index (χ2v) is 7.35. The molecule has 2 aromatic rings. The van der Waals surface area contributed by atoms with E-state index in [1.807, 2.05) is 32.0 Å². The number of nitrogens with zero attached hydrogens (tertiary/aromatic N) is 1. The molecule has 1 aliphatic heterocycles. The minimum atomic E-state index is -0.625.